The highest BCUT2D eigenvalue weighted by molar-refractivity contribution is 7.99. The van der Waals surface area contributed by atoms with Crippen LogP contribution in [0.1, 0.15) is 17.3 Å². The quantitative estimate of drug-likeness (QED) is 0.879. The smallest absolute Gasteiger partial charge is 0.260 e. The van der Waals surface area contributed by atoms with Crippen molar-refractivity contribution in [2.24, 2.45) is 0 Å². The second kappa shape index (κ2) is 5.21. The molecule has 2 aromatic rings. The summed E-state index contributed by atoms with van der Waals surface area (Å²) in [5, 5.41) is 3.42. The van der Waals surface area contributed by atoms with E-state index in [0.29, 0.717) is 16.3 Å². The summed E-state index contributed by atoms with van der Waals surface area (Å²) in [6, 6.07) is 9.00. The topological polar surface area (TPSA) is 62.3 Å². The van der Waals surface area contributed by atoms with Crippen LogP contribution in [0.5, 0.6) is 0 Å². The highest BCUT2D eigenvalue weighted by Crippen LogP contribution is 2.40. The number of hydrogen-bond acceptors (Lipinski definition) is 4. The number of fused-ring (bicyclic) bond motifs is 2. The van der Waals surface area contributed by atoms with Crippen molar-refractivity contribution in [3.05, 3.63) is 42.1 Å². The van der Waals surface area contributed by atoms with Gasteiger partial charge < -0.3 is 10.2 Å². The number of rotatable bonds is 1. The van der Waals surface area contributed by atoms with Gasteiger partial charge in [-0.1, -0.05) is 11.8 Å². The van der Waals surface area contributed by atoms with Gasteiger partial charge in [0.1, 0.15) is 5.03 Å². The zero-order valence-corrected chi connectivity index (χ0v) is 12.4. The number of benzene rings is 1. The lowest BCUT2D eigenvalue weighted by atomic mass is 10.2. The van der Waals surface area contributed by atoms with Crippen molar-refractivity contribution in [3.8, 4) is 0 Å². The van der Waals surface area contributed by atoms with Crippen molar-refractivity contribution < 1.29 is 9.59 Å². The van der Waals surface area contributed by atoms with Crippen molar-refractivity contribution in [1.29, 1.82) is 0 Å². The largest absolute Gasteiger partial charge is 0.326 e. The molecule has 1 aromatic heterocycles. The van der Waals surface area contributed by atoms with E-state index in [9.17, 15) is 9.59 Å². The van der Waals surface area contributed by atoms with Crippen molar-refractivity contribution in [2.45, 2.75) is 16.8 Å². The number of carbonyl (C=O) groups is 2. The predicted octanol–water partition coefficient (Wildman–Crippen LogP) is 2.78. The van der Waals surface area contributed by atoms with E-state index < -0.39 is 0 Å². The third-order valence-corrected chi connectivity index (χ3v) is 4.22. The van der Waals surface area contributed by atoms with E-state index in [2.05, 4.69) is 10.3 Å². The Balaban J connectivity index is 2.11. The Kier molecular flexibility index (Phi) is 3.39. The number of carbonyl (C=O) groups excluding carboxylic acids is 2. The Morgan fingerprint density at radius 2 is 2.14 bits per heavy atom. The maximum absolute atomic E-state index is 12.5. The Hall–Kier alpha value is -2.34. The van der Waals surface area contributed by atoms with Gasteiger partial charge in [0.05, 0.1) is 11.3 Å². The molecule has 2 heterocycles. The van der Waals surface area contributed by atoms with Gasteiger partial charge in [-0.3, -0.25) is 9.59 Å². The molecule has 0 spiro atoms. The van der Waals surface area contributed by atoms with E-state index in [4.69, 9.17) is 0 Å². The normalized spacial score (nSPS) is 13.2. The molecule has 106 valence electrons. The molecule has 6 heteroatoms. The second-order valence-electron chi connectivity index (χ2n) is 4.69. The standard InChI is InChI=1S/C15H13N3O2S/c1-9(19)17-10-5-6-12-13(8-10)21-14-11(4-3-7-16-14)15(20)18(12)2/h3-8H,1-2H3,(H,17,19). The fourth-order valence-electron chi connectivity index (χ4n) is 2.18. The molecule has 0 atom stereocenters. The van der Waals surface area contributed by atoms with Gasteiger partial charge in [-0.15, -0.1) is 0 Å². The molecule has 1 aromatic carbocycles. The number of anilines is 2. The summed E-state index contributed by atoms with van der Waals surface area (Å²) >= 11 is 1.43. The molecule has 0 unspecified atom stereocenters. The highest BCUT2D eigenvalue weighted by Gasteiger charge is 2.25. The van der Waals surface area contributed by atoms with Gasteiger partial charge in [0.25, 0.3) is 5.91 Å². The van der Waals surface area contributed by atoms with Crippen LogP contribution in [0, 0.1) is 0 Å². The maximum Gasteiger partial charge on any atom is 0.260 e. The fourth-order valence-corrected chi connectivity index (χ4v) is 3.27. The van der Waals surface area contributed by atoms with E-state index in [0.717, 1.165) is 10.6 Å². The van der Waals surface area contributed by atoms with E-state index in [1.54, 1.807) is 36.3 Å². The molecule has 0 saturated heterocycles. The molecular weight excluding hydrogens is 286 g/mol. The monoisotopic (exact) mass is 299 g/mol. The van der Waals surface area contributed by atoms with Crippen LogP contribution in [0.15, 0.2) is 46.5 Å². The van der Waals surface area contributed by atoms with E-state index in [1.807, 2.05) is 12.1 Å². The molecule has 1 aliphatic heterocycles. The molecule has 0 bridgehead atoms. The van der Waals surface area contributed by atoms with Crippen LogP contribution in [-0.2, 0) is 4.79 Å². The molecule has 1 N–H and O–H groups in total. The third-order valence-electron chi connectivity index (χ3n) is 3.15. The first-order valence-electron chi connectivity index (χ1n) is 6.39. The average Bonchev–Trinajstić information content (AvgIpc) is 2.55. The summed E-state index contributed by atoms with van der Waals surface area (Å²) in [5.41, 5.74) is 2.09. The number of aromatic nitrogens is 1. The molecule has 21 heavy (non-hydrogen) atoms. The van der Waals surface area contributed by atoms with Gasteiger partial charge >= 0.3 is 0 Å². The Labute approximate surface area is 126 Å². The van der Waals surface area contributed by atoms with Gasteiger partial charge in [0.15, 0.2) is 0 Å². The van der Waals surface area contributed by atoms with Crippen molar-refractivity contribution in [1.82, 2.24) is 4.98 Å². The molecule has 1 aliphatic rings. The van der Waals surface area contributed by atoms with Crippen molar-refractivity contribution in [3.63, 3.8) is 0 Å². The molecule has 0 fully saturated rings. The fraction of sp³-hybridized carbons (Fsp3) is 0.133. The number of hydrogen-bond donors (Lipinski definition) is 1. The first-order valence-corrected chi connectivity index (χ1v) is 7.20. The van der Waals surface area contributed by atoms with Crippen LogP contribution in [0.25, 0.3) is 0 Å². The first kappa shape index (κ1) is 13.6. The van der Waals surface area contributed by atoms with Crippen molar-refractivity contribution in [2.75, 3.05) is 17.3 Å². The van der Waals surface area contributed by atoms with Crippen molar-refractivity contribution >= 4 is 35.0 Å². The van der Waals surface area contributed by atoms with Gasteiger partial charge in [0.2, 0.25) is 5.91 Å². The SMILES string of the molecule is CC(=O)Nc1ccc2c(c1)Sc1ncccc1C(=O)N2C. The summed E-state index contributed by atoms with van der Waals surface area (Å²) in [5.74, 6) is -0.215. The third kappa shape index (κ3) is 2.50. The molecule has 0 saturated carbocycles. The summed E-state index contributed by atoms with van der Waals surface area (Å²) < 4.78 is 0. The van der Waals surface area contributed by atoms with Gasteiger partial charge in [0, 0.05) is 30.8 Å². The van der Waals surface area contributed by atoms with Gasteiger partial charge in [-0.2, -0.15) is 0 Å². The van der Waals surface area contributed by atoms with E-state index in [1.165, 1.54) is 18.7 Å². The Morgan fingerprint density at radius 1 is 1.33 bits per heavy atom. The Morgan fingerprint density at radius 3 is 2.90 bits per heavy atom. The number of nitrogens with one attached hydrogen (secondary N) is 1. The molecule has 3 rings (SSSR count). The summed E-state index contributed by atoms with van der Waals surface area (Å²) in [6.45, 7) is 1.46. The minimum Gasteiger partial charge on any atom is -0.326 e. The van der Waals surface area contributed by atoms with Crippen LogP contribution < -0.4 is 10.2 Å². The number of nitrogens with zero attached hydrogens (tertiary/aromatic N) is 2. The van der Waals surface area contributed by atoms with E-state index >= 15 is 0 Å². The zero-order valence-electron chi connectivity index (χ0n) is 11.6. The van der Waals surface area contributed by atoms with Crippen LogP contribution >= 0.6 is 11.8 Å². The number of amides is 2. The summed E-state index contributed by atoms with van der Waals surface area (Å²) in [7, 11) is 1.74. The lowest BCUT2D eigenvalue weighted by Crippen LogP contribution is -2.26. The maximum atomic E-state index is 12.5. The molecule has 5 nitrogen and oxygen atoms in total. The average molecular weight is 299 g/mol. The second-order valence-corrected chi connectivity index (χ2v) is 5.72. The van der Waals surface area contributed by atoms with Crippen LogP contribution in [0.4, 0.5) is 11.4 Å². The predicted molar refractivity (Wildman–Crippen MR) is 81.8 cm³/mol. The lowest BCUT2D eigenvalue weighted by molar-refractivity contribution is -0.114. The van der Waals surface area contributed by atoms with Crippen LogP contribution in [0.2, 0.25) is 0 Å². The minimum absolute atomic E-state index is 0.0865. The van der Waals surface area contributed by atoms with Gasteiger partial charge in [-0.05, 0) is 30.3 Å². The molecule has 0 radical (unpaired) electrons. The minimum atomic E-state index is -0.128. The lowest BCUT2D eigenvalue weighted by Gasteiger charge is -2.17. The Bertz CT molecular complexity index is 745. The highest BCUT2D eigenvalue weighted by atomic mass is 32.2. The molecule has 0 aliphatic carbocycles. The summed E-state index contributed by atoms with van der Waals surface area (Å²) in [4.78, 5) is 30.4. The number of pyridine rings is 1. The van der Waals surface area contributed by atoms with Crippen LogP contribution in [0.3, 0.4) is 0 Å². The zero-order chi connectivity index (χ0) is 15.0. The van der Waals surface area contributed by atoms with Crippen LogP contribution in [-0.4, -0.2) is 23.8 Å². The van der Waals surface area contributed by atoms with Gasteiger partial charge in [-0.25, -0.2) is 4.98 Å². The molecule has 2 amide bonds. The molecular formula is C15H13N3O2S. The van der Waals surface area contributed by atoms with E-state index in [-0.39, 0.29) is 11.8 Å². The first-order chi connectivity index (χ1) is 10.1. The summed E-state index contributed by atoms with van der Waals surface area (Å²) in [6.07, 6.45) is 1.67.